The zero-order chi connectivity index (χ0) is 45.5. The van der Waals surface area contributed by atoms with E-state index in [4.69, 9.17) is 51.2 Å². The second-order valence-corrected chi connectivity index (χ2v) is 15.4. The summed E-state index contributed by atoms with van der Waals surface area (Å²) in [6, 6.07) is 6.26. The number of imidazole rings is 1. The van der Waals surface area contributed by atoms with Crippen molar-refractivity contribution in [2.24, 2.45) is 5.92 Å². The van der Waals surface area contributed by atoms with Crippen LogP contribution in [0.1, 0.15) is 65.7 Å². The van der Waals surface area contributed by atoms with Gasteiger partial charge in [0, 0.05) is 52.5 Å². The number of carbonyl (C=O) groups is 6. The molecular formula is C42H50ClN7O13. The molecule has 1 aromatic carbocycles. The van der Waals surface area contributed by atoms with E-state index in [0.29, 0.717) is 54.6 Å². The molecule has 2 aliphatic heterocycles. The third-order valence-electron chi connectivity index (χ3n) is 10.6. The number of fused-ring (bicyclic) bond motifs is 1. The second kappa shape index (κ2) is 20.0. The van der Waals surface area contributed by atoms with Crippen molar-refractivity contribution in [2.75, 3.05) is 62.8 Å². The molecule has 2 saturated heterocycles. The lowest BCUT2D eigenvalue weighted by Crippen LogP contribution is -2.57. The second-order valence-electron chi connectivity index (χ2n) is 15.1. The van der Waals surface area contributed by atoms with Crippen LogP contribution >= 0.6 is 11.6 Å². The molecule has 4 heterocycles. The SMILES string of the molecule is C#C[C@@]1(OC(C)=O)[C@@H](COC(Cc2ccc(N3CCCN(CCOC(C)=O)C3=O)cc2)(C(=O)OCC)C(=O)OCC)O[C@@H](n2cnc3c(NCC4CC4)nc(Cl)nc32)[C@@H]1OC(C)=O. The molecule has 0 radical (unpaired) electrons. The maximum absolute atomic E-state index is 14.1. The van der Waals surface area contributed by atoms with Crippen LogP contribution in [0, 0.1) is 18.3 Å². The molecule has 0 unspecified atom stereocenters. The van der Waals surface area contributed by atoms with Crippen LogP contribution in [0.25, 0.3) is 11.2 Å². The van der Waals surface area contributed by atoms with Gasteiger partial charge < -0.3 is 43.4 Å². The zero-order valence-electron chi connectivity index (χ0n) is 35.6. The quantitative estimate of drug-likeness (QED) is 0.0598. The van der Waals surface area contributed by atoms with Gasteiger partial charge in [-0.25, -0.2) is 19.4 Å². The van der Waals surface area contributed by atoms with Crippen LogP contribution in [0.5, 0.6) is 0 Å². The van der Waals surface area contributed by atoms with E-state index in [9.17, 15) is 28.8 Å². The summed E-state index contributed by atoms with van der Waals surface area (Å²) >= 11 is 6.38. The molecule has 338 valence electrons. The monoisotopic (exact) mass is 895 g/mol. The van der Waals surface area contributed by atoms with Crippen molar-refractivity contribution in [3.63, 3.8) is 0 Å². The minimum absolute atomic E-state index is 0.0566. The highest BCUT2D eigenvalue weighted by Gasteiger charge is 2.63. The van der Waals surface area contributed by atoms with E-state index in [1.807, 2.05) is 0 Å². The van der Waals surface area contributed by atoms with Gasteiger partial charge >= 0.3 is 35.9 Å². The Bertz CT molecular complexity index is 2230. The fourth-order valence-corrected chi connectivity index (χ4v) is 7.65. The van der Waals surface area contributed by atoms with E-state index >= 15 is 0 Å². The Labute approximate surface area is 368 Å². The normalized spacial score (nSPS) is 21.1. The van der Waals surface area contributed by atoms with Gasteiger partial charge in [0.25, 0.3) is 5.60 Å². The number of esters is 5. The topological polar surface area (TPSA) is 229 Å². The van der Waals surface area contributed by atoms with E-state index in [1.165, 1.54) is 17.8 Å². The van der Waals surface area contributed by atoms with Crippen molar-refractivity contribution in [3.05, 3.63) is 41.4 Å². The lowest BCUT2D eigenvalue weighted by Gasteiger charge is -2.36. The van der Waals surface area contributed by atoms with Gasteiger partial charge in [0.05, 0.1) is 32.7 Å². The number of carbonyl (C=O) groups excluding carboxylic acids is 6. The molecule has 2 amide bonds. The molecular weight excluding hydrogens is 846 g/mol. The van der Waals surface area contributed by atoms with E-state index < -0.39 is 72.5 Å². The molecule has 63 heavy (non-hydrogen) atoms. The summed E-state index contributed by atoms with van der Waals surface area (Å²) in [6.07, 6.45) is 5.35. The van der Waals surface area contributed by atoms with Gasteiger partial charge in [-0.1, -0.05) is 18.1 Å². The van der Waals surface area contributed by atoms with Gasteiger partial charge in [-0.05, 0) is 68.3 Å². The summed E-state index contributed by atoms with van der Waals surface area (Å²) in [6.45, 7) is 7.38. The van der Waals surface area contributed by atoms with Gasteiger partial charge in [0.2, 0.25) is 17.0 Å². The van der Waals surface area contributed by atoms with Gasteiger partial charge in [0.1, 0.15) is 12.7 Å². The van der Waals surface area contributed by atoms with Gasteiger partial charge in [0.15, 0.2) is 23.2 Å². The lowest BCUT2D eigenvalue weighted by molar-refractivity contribution is -0.200. The molecule has 1 saturated carbocycles. The number of anilines is 2. The molecule has 21 heteroatoms. The fraction of sp³-hybridized carbons (Fsp3) is 0.548. The number of rotatable bonds is 19. The highest BCUT2D eigenvalue weighted by Crippen LogP contribution is 2.44. The fourth-order valence-electron chi connectivity index (χ4n) is 7.48. The number of nitrogens with one attached hydrogen (secondary N) is 1. The Morgan fingerprint density at radius 1 is 0.984 bits per heavy atom. The van der Waals surface area contributed by atoms with Crippen molar-refractivity contribution in [1.29, 1.82) is 0 Å². The predicted molar refractivity (Wildman–Crippen MR) is 222 cm³/mol. The largest absolute Gasteiger partial charge is 0.464 e. The Balaban J connectivity index is 1.34. The first-order chi connectivity index (χ1) is 30.2. The predicted octanol–water partition coefficient (Wildman–Crippen LogP) is 3.39. The van der Waals surface area contributed by atoms with Crippen LogP contribution < -0.4 is 10.2 Å². The Kier molecular flexibility index (Phi) is 14.7. The Morgan fingerprint density at radius 3 is 2.29 bits per heavy atom. The summed E-state index contributed by atoms with van der Waals surface area (Å²) in [5.74, 6) is -1.08. The summed E-state index contributed by atoms with van der Waals surface area (Å²) < 4.78 is 41.7. The standard InChI is InChI=1S/C42H50ClN7O13/c1-7-41(63-27(6)53)31(62-36(33(41)61-26(5)52)50-24-45-32-34(44-22-29-11-12-29)46-39(43)47-35(32)50)23-60-42(37(54)57-8-2,38(55)58-9-3)21-28-13-15-30(16-14-28)49-18-10-17-48(40(49)56)19-20-59-25(4)51/h1,13-16,24,29,31,33,36H,8-12,17-23H2,2-6H3,(H,44,46,47)/t31-,33+,36-,41-/m1/s1. The third kappa shape index (κ3) is 10.3. The first-order valence-electron chi connectivity index (χ1n) is 20.6. The first-order valence-corrected chi connectivity index (χ1v) is 20.9. The van der Waals surface area contributed by atoms with E-state index in [1.54, 1.807) is 47.9 Å². The van der Waals surface area contributed by atoms with E-state index in [2.05, 4.69) is 26.2 Å². The maximum atomic E-state index is 14.1. The van der Waals surface area contributed by atoms with Crippen LogP contribution in [0.2, 0.25) is 5.28 Å². The minimum atomic E-state index is -2.50. The molecule has 4 atom stereocenters. The van der Waals surface area contributed by atoms with Crippen LogP contribution in [0.4, 0.5) is 16.3 Å². The smallest absolute Gasteiger partial charge is 0.350 e. The lowest BCUT2D eigenvalue weighted by atomic mass is 9.91. The third-order valence-corrected chi connectivity index (χ3v) is 10.8. The molecule has 3 fully saturated rings. The number of ether oxygens (including phenoxy) is 7. The van der Waals surface area contributed by atoms with Crippen molar-refractivity contribution >= 4 is 70.1 Å². The van der Waals surface area contributed by atoms with Crippen molar-refractivity contribution < 1.29 is 61.9 Å². The van der Waals surface area contributed by atoms with Crippen LogP contribution in [-0.4, -0.2) is 136 Å². The number of urea groups is 1. The van der Waals surface area contributed by atoms with Gasteiger partial charge in [-0.3, -0.25) is 23.9 Å². The molecule has 1 N–H and O–H groups in total. The highest BCUT2D eigenvalue weighted by molar-refractivity contribution is 6.28. The number of halogens is 1. The number of hydrogen-bond acceptors (Lipinski definition) is 17. The minimum Gasteiger partial charge on any atom is -0.464 e. The summed E-state index contributed by atoms with van der Waals surface area (Å²) in [5.41, 5.74) is -3.34. The van der Waals surface area contributed by atoms with Crippen LogP contribution in [-0.2, 0) is 63.6 Å². The van der Waals surface area contributed by atoms with Crippen molar-refractivity contribution in [2.45, 2.75) is 89.9 Å². The molecule has 20 nitrogen and oxygen atoms in total. The number of benzene rings is 1. The molecule has 3 aliphatic rings. The number of nitrogens with zero attached hydrogens (tertiary/aromatic N) is 6. The first kappa shape index (κ1) is 46.5. The summed E-state index contributed by atoms with van der Waals surface area (Å²) in [4.78, 5) is 94.7. The van der Waals surface area contributed by atoms with Crippen molar-refractivity contribution in [1.82, 2.24) is 24.4 Å². The number of aromatic nitrogens is 4. The number of terminal acetylenes is 1. The van der Waals surface area contributed by atoms with Crippen molar-refractivity contribution in [3.8, 4) is 12.3 Å². The number of amides is 2. The van der Waals surface area contributed by atoms with Gasteiger partial charge in [-0.15, -0.1) is 6.42 Å². The summed E-state index contributed by atoms with van der Waals surface area (Å²) in [5, 5.41) is 3.12. The van der Waals surface area contributed by atoms with Crippen LogP contribution in [0.15, 0.2) is 30.6 Å². The highest BCUT2D eigenvalue weighted by atomic mass is 35.5. The average molecular weight is 896 g/mol. The molecule has 2 aromatic heterocycles. The Hall–Kier alpha value is -6.04. The van der Waals surface area contributed by atoms with E-state index in [0.717, 1.165) is 26.7 Å². The summed E-state index contributed by atoms with van der Waals surface area (Å²) in [7, 11) is 0. The zero-order valence-corrected chi connectivity index (χ0v) is 36.4. The number of hydrogen-bond donors (Lipinski definition) is 1. The van der Waals surface area contributed by atoms with Crippen LogP contribution in [0.3, 0.4) is 0 Å². The molecule has 1 aliphatic carbocycles. The van der Waals surface area contributed by atoms with E-state index in [-0.39, 0.29) is 43.3 Å². The molecule has 6 rings (SSSR count). The molecule has 3 aromatic rings. The maximum Gasteiger partial charge on any atom is 0.350 e. The molecule has 0 bridgehead atoms. The van der Waals surface area contributed by atoms with Gasteiger partial charge in [-0.2, -0.15) is 9.97 Å². The Morgan fingerprint density at radius 2 is 1.68 bits per heavy atom. The molecule has 0 spiro atoms. The average Bonchev–Trinajstić information content (AvgIpc) is 3.91.